The first-order valence-corrected chi connectivity index (χ1v) is 7.96. The number of hydrogen-bond donors (Lipinski definition) is 2. The standard InChI is InChI=1S/C17H14BrN3O2/c1-2-15(22)19-14-9-10(18)7-8-11(14)16-17(23)21-13-6-4-3-5-12(13)20-16/h3-9H,2H2,1H3,(H,19,22)(H,21,23). The molecule has 0 aliphatic rings. The van der Waals surface area contributed by atoms with Gasteiger partial charge >= 0.3 is 0 Å². The van der Waals surface area contributed by atoms with Crippen molar-refractivity contribution in [1.82, 2.24) is 9.97 Å². The molecule has 1 amide bonds. The molecule has 0 aliphatic carbocycles. The van der Waals surface area contributed by atoms with Gasteiger partial charge in [-0.1, -0.05) is 35.0 Å². The Morgan fingerprint density at radius 2 is 2.04 bits per heavy atom. The predicted molar refractivity (Wildman–Crippen MR) is 94.4 cm³/mol. The number of amides is 1. The molecule has 0 fully saturated rings. The number of anilines is 1. The van der Waals surface area contributed by atoms with Gasteiger partial charge in [0.2, 0.25) is 5.91 Å². The van der Waals surface area contributed by atoms with Gasteiger partial charge in [-0.15, -0.1) is 0 Å². The Morgan fingerprint density at radius 3 is 2.83 bits per heavy atom. The highest BCUT2D eigenvalue weighted by Crippen LogP contribution is 2.28. The maximum atomic E-state index is 12.4. The zero-order valence-electron chi connectivity index (χ0n) is 12.4. The largest absolute Gasteiger partial charge is 0.325 e. The fraction of sp³-hybridized carbons (Fsp3) is 0.118. The summed E-state index contributed by atoms with van der Waals surface area (Å²) < 4.78 is 0.810. The minimum Gasteiger partial charge on any atom is -0.325 e. The molecule has 3 rings (SSSR count). The molecule has 0 spiro atoms. The van der Waals surface area contributed by atoms with Crippen LogP contribution in [0.1, 0.15) is 13.3 Å². The summed E-state index contributed by atoms with van der Waals surface area (Å²) in [5.74, 6) is -0.124. The molecule has 116 valence electrons. The number of fused-ring (bicyclic) bond motifs is 1. The van der Waals surface area contributed by atoms with Crippen LogP contribution in [0.4, 0.5) is 5.69 Å². The van der Waals surface area contributed by atoms with Crippen LogP contribution in [0.5, 0.6) is 0 Å². The Labute approximate surface area is 140 Å². The highest BCUT2D eigenvalue weighted by molar-refractivity contribution is 9.10. The van der Waals surface area contributed by atoms with Gasteiger partial charge in [-0.3, -0.25) is 9.59 Å². The number of aromatic amines is 1. The van der Waals surface area contributed by atoms with Gasteiger partial charge in [-0.2, -0.15) is 0 Å². The monoisotopic (exact) mass is 371 g/mol. The first-order valence-electron chi connectivity index (χ1n) is 7.17. The average molecular weight is 372 g/mol. The van der Waals surface area contributed by atoms with Crippen molar-refractivity contribution in [2.45, 2.75) is 13.3 Å². The molecule has 3 aromatic rings. The van der Waals surface area contributed by atoms with E-state index in [0.29, 0.717) is 28.7 Å². The van der Waals surface area contributed by atoms with Crippen LogP contribution in [0.15, 0.2) is 51.7 Å². The Bertz CT molecular complexity index is 950. The number of nitrogens with one attached hydrogen (secondary N) is 2. The van der Waals surface area contributed by atoms with Gasteiger partial charge in [-0.05, 0) is 30.3 Å². The highest BCUT2D eigenvalue weighted by atomic mass is 79.9. The maximum absolute atomic E-state index is 12.4. The number of aromatic nitrogens is 2. The SMILES string of the molecule is CCC(=O)Nc1cc(Br)ccc1-c1nc2ccccc2[nH]c1=O. The highest BCUT2D eigenvalue weighted by Gasteiger charge is 2.14. The van der Waals surface area contributed by atoms with Crippen LogP contribution in [0.2, 0.25) is 0 Å². The van der Waals surface area contributed by atoms with E-state index in [1.54, 1.807) is 25.1 Å². The van der Waals surface area contributed by atoms with E-state index in [0.717, 1.165) is 4.47 Å². The Kier molecular flexibility index (Phi) is 4.25. The van der Waals surface area contributed by atoms with E-state index >= 15 is 0 Å². The Balaban J connectivity index is 2.20. The number of H-pyrrole nitrogens is 1. The number of para-hydroxylation sites is 2. The number of rotatable bonds is 3. The summed E-state index contributed by atoms with van der Waals surface area (Å²) in [6, 6.07) is 12.7. The summed E-state index contributed by atoms with van der Waals surface area (Å²) in [7, 11) is 0. The van der Waals surface area contributed by atoms with Crippen molar-refractivity contribution in [2.24, 2.45) is 0 Å². The molecule has 23 heavy (non-hydrogen) atoms. The molecular weight excluding hydrogens is 358 g/mol. The smallest absolute Gasteiger partial charge is 0.275 e. The van der Waals surface area contributed by atoms with Crippen LogP contribution in [0.25, 0.3) is 22.3 Å². The second-order valence-electron chi connectivity index (χ2n) is 5.02. The van der Waals surface area contributed by atoms with Crippen LogP contribution >= 0.6 is 15.9 Å². The zero-order valence-corrected chi connectivity index (χ0v) is 14.0. The lowest BCUT2D eigenvalue weighted by atomic mass is 10.1. The quantitative estimate of drug-likeness (QED) is 0.736. The zero-order chi connectivity index (χ0) is 16.4. The summed E-state index contributed by atoms with van der Waals surface area (Å²) >= 11 is 3.38. The third kappa shape index (κ3) is 3.17. The van der Waals surface area contributed by atoms with Crippen LogP contribution in [0, 0.1) is 0 Å². The molecule has 0 aliphatic heterocycles. The van der Waals surface area contributed by atoms with Crippen molar-refractivity contribution in [3.8, 4) is 11.3 Å². The van der Waals surface area contributed by atoms with E-state index in [-0.39, 0.29) is 17.2 Å². The molecule has 6 heteroatoms. The molecule has 0 saturated heterocycles. The first-order chi connectivity index (χ1) is 11.1. The summed E-state index contributed by atoms with van der Waals surface area (Å²) in [5.41, 5.74) is 2.50. The van der Waals surface area contributed by atoms with Gasteiger partial charge < -0.3 is 10.3 Å². The lowest BCUT2D eigenvalue weighted by Gasteiger charge is -2.11. The van der Waals surface area contributed by atoms with Crippen LogP contribution in [0.3, 0.4) is 0 Å². The van der Waals surface area contributed by atoms with E-state index in [2.05, 4.69) is 31.2 Å². The van der Waals surface area contributed by atoms with E-state index in [4.69, 9.17) is 0 Å². The van der Waals surface area contributed by atoms with Crippen molar-refractivity contribution < 1.29 is 4.79 Å². The van der Waals surface area contributed by atoms with Crippen molar-refractivity contribution in [3.63, 3.8) is 0 Å². The number of benzene rings is 2. The summed E-state index contributed by atoms with van der Waals surface area (Å²) in [6.07, 6.45) is 0.355. The summed E-state index contributed by atoms with van der Waals surface area (Å²) in [4.78, 5) is 31.4. The van der Waals surface area contributed by atoms with Crippen LogP contribution < -0.4 is 10.9 Å². The molecule has 5 nitrogen and oxygen atoms in total. The molecule has 1 heterocycles. The minimum absolute atomic E-state index is 0.124. The van der Waals surface area contributed by atoms with Crippen LogP contribution in [-0.2, 0) is 4.79 Å². The van der Waals surface area contributed by atoms with Gasteiger partial charge in [0.25, 0.3) is 5.56 Å². The van der Waals surface area contributed by atoms with Crippen molar-refractivity contribution in [1.29, 1.82) is 0 Å². The number of carbonyl (C=O) groups is 1. The Morgan fingerprint density at radius 1 is 1.26 bits per heavy atom. The van der Waals surface area contributed by atoms with Crippen molar-refractivity contribution >= 4 is 38.6 Å². The third-order valence-corrected chi connectivity index (χ3v) is 3.92. The number of nitrogens with zero attached hydrogens (tertiary/aromatic N) is 1. The molecule has 0 atom stereocenters. The number of halogens is 1. The molecule has 0 bridgehead atoms. The first kappa shape index (κ1) is 15.4. The molecular formula is C17H14BrN3O2. The fourth-order valence-electron chi connectivity index (χ4n) is 2.28. The third-order valence-electron chi connectivity index (χ3n) is 3.43. The number of carbonyl (C=O) groups excluding carboxylic acids is 1. The molecule has 1 aromatic heterocycles. The second kappa shape index (κ2) is 6.34. The van der Waals surface area contributed by atoms with E-state index in [1.165, 1.54) is 0 Å². The molecule has 2 aromatic carbocycles. The number of hydrogen-bond acceptors (Lipinski definition) is 3. The van der Waals surface area contributed by atoms with Crippen molar-refractivity contribution in [2.75, 3.05) is 5.32 Å². The molecule has 0 unspecified atom stereocenters. The molecule has 0 radical (unpaired) electrons. The maximum Gasteiger partial charge on any atom is 0.275 e. The van der Waals surface area contributed by atoms with Gasteiger partial charge in [0.1, 0.15) is 5.69 Å². The summed E-state index contributed by atoms with van der Waals surface area (Å²) in [5, 5.41) is 2.81. The molecule has 2 N–H and O–H groups in total. The van der Waals surface area contributed by atoms with E-state index in [1.807, 2.05) is 24.3 Å². The van der Waals surface area contributed by atoms with Gasteiger partial charge in [0.15, 0.2) is 0 Å². The minimum atomic E-state index is -0.294. The van der Waals surface area contributed by atoms with Gasteiger partial charge in [0, 0.05) is 16.5 Å². The van der Waals surface area contributed by atoms with E-state index in [9.17, 15) is 9.59 Å². The van der Waals surface area contributed by atoms with Gasteiger partial charge in [-0.25, -0.2) is 4.98 Å². The van der Waals surface area contributed by atoms with Gasteiger partial charge in [0.05, 0.1) is 16.7 Å². The topological polar surface area (TPSA) is 74.8 Å². The normalized spacial score (nSPS) is 10.7. The summed E-state index contributed by atoms with van der Waals surface area (Å²) in [6.45, 7) is 1.77. The average Bonchev–Trinajstić information content (AvgIpc) is 2.54. The van der Waals surface area contributed by atoms with Crippen LogP contribution in [-0.4, -0.2) is 15.9 Å². The van der Waals surface area contributed by atoms with Crippen molar-refractivity contribution in [3.05, 3.63) is 57.3 Å². The lowest BCUT2D eigenvalue weighted by molar-refractivity contribution is -0.115. The second-order valence-corrected chi connectivity index (χ2v) is 5.94. The molecule has 0 saturated carbocycles. The fourth-order valence-corrected chi connectivity index (χ4v) is 2.64. The lowest BCUT2D eigenvalue weighted by Crippen LogP contribution is -2.15. The van der Waals surface area contributed by atoms with E-state index < -0.39 is 0 Å². The predicted octanol–water partition coefficient (Wildman–Crippen LogP) is 3.70. The Hall–Kier alpha value is -2.47.